The molecule has 0 saturated heterocycles. The van der Waals surface area contributed by atoms with Gasteiger partial charge < -0.3 is 14.5 Å². The normalized spacial score (nSPS) is 15.1. The van der Waals surface area contributed by atoms with Crippen molar-refractivity contribution in [2.75, 3.05) is 26.7 Å². The van der Waals surface area contributed by atoms with E-state index in [1.165, 1.54) is 29.7 Å². The van der Waals surface area contributed by atoms with Crippen molar-refractivity contribution in [3.63, 3.8) is 0 Å². The summed E-state index contributed by atoms with van der Waals surface area (Å²) >= 11 is 1.76. The molecule has 1 unspecified atom stereocenters. The molecule has 2 heterocycles. The largest absolute Gasteiger partial charge is 0.497 e. The van der Waals surface area contributed by atoms with Crippen molar-refractivity contribution in [2.45, 2.75) is 77.7 Å². The van der Waals surface area contributed by atoms with Crippen molar-refractivity contribution in [1.82, 2.24) is 9.80 Å². The van der Waals surface area contributed by atoms with E-state index in [0.29, 0.717) is 19.5 Å². The maximum absolute atomic E-state index is 13.6. The van der Waals surface area contributed by atoms with Crippen molar-refractivity contribution in [1.29, 1.82) is 0 Å². The summed E-state index contributed by atoms with van der Waals surface area (Å²) in [6.07, 6.45) is 8.92. The Kier molecular flexibility index (Phi) is 10.4. The lowest BCUT2D eigenvalue weighted by Crippen LogP contribution is -2.47. The molecule has 0 saturated carbocycles. The fraction of sp³-hybridized carbons (Fsp3) is 0.571. The SMILES string of the molecule is CCCCCCCC(=O)N(CCCC)CC(=O)N1CCc2sccc2C1c1ccc(OC)cc1. The number of methoxy groups -OCH3 is 1. The Labute approximate surface area is 209 Å². The molecule has 5 nitrogen and oxygen atoms in total. The predicted octanol–water partition coefficient (Wildman–Crippen LogP) is 6.22. The molecule has 1 aliphatic heterocycles. The summed E-state index contributed by atoms with van der Waals surface area (Å²) in [5.41, 5.74) is 2.29. The maximum Gasteiger partial charge on any atom is 0.242 e. The highest BCUT2D eigenvalue weighted by Crippen LogP contribution is 2.38. The highest BCUT2D eigenvalue weighted by molar-refractivity contribution is 7.10. The van der Waals surface area contributed by atoms with Gasteiger partial charge in [-0.05, 0) is 54.0 Å². The average molecular weight is 485 g/mol. The van der Waals surface area contributed by atoms with Gasteiger partial charge in [-0.15, -0.1) is 11.3 Å². The van der Waals surface area contributed by atoms with Crippen LogP contribution in [0.15, 0.2) is 35.7 Å². The van der Waals surface area contributed by atoms with Crippen LogP contribution in [0.1, 0.15) is 87.3 Å². The van der Waals surface area contributed by atoms with Crippen LogP contribution in [0.2, 0.25) is 0 Å². The molecule has 0 spiro atoms. The van der Waals surface area contributed by atoms with Gasteiger partial charge in [0, 0.05) is 24.4 Å². The third-order valence-electron chi connectivity index (χ3n) is 6.67. The maximum atomic E-state index is 13.6. The second-order valence-electron chi connectivity index (χ2n) is 9.15. The zero-order chi connectivity index (χ0) is 24.3. The first-order valence-electron chi connectivity index (χ1n) is 12.9. The third-order valence-corrected chi connectivity index (χ3v) is 7.67. The second kappa shape index (κ2) is 13.5. The minimum Gasteiger partial charge on any atom is -0.497 e. The molecule has 0 aliphatic carbocycles. The number of unbranched alkanes of at least 4 members (excludes halogenated alkanes) is 5. The molecule has 0 fully saturated rings. The van der Waals surface area contributed by atoms with Crippen molar-refractivity contribution in [3.8, 4) is 5.75 Å². The van der Waals surface area contributed by atoms with Crippen molar-refractivity contribution >= 4 is 23.2 Å². The van der Waals surface area contributed by atoms with E-state index in [2.05, 4.69) is 25.3 Å². The Morgan fingerprint density at radius 3 is 2.47 bits per heavy atom. The number of thiophene rings is 1. The van der Waals surface area contributed by atoms with E-state index in [0.717, 1.165) is 43.4 Å². The zero-order valence-corrected chi connectivity index (χ0v) is 21.9. The fourth-order valence-electron chi connectivity index (χ4n) is 4.66. The zero-order valence-electron chi connectivity index (χ0n) is 21.1. The topological polar surface area (TPSA) is 49.9 Å². The van der Waals surface area contributed by atoms with E-state index in [1.807, 2.05) is 29.2 Å². The van der Waals surface area contributed by atoms with Crippen LogP contribution in [0.3, 0.4) is 0 Å². The summed E-state index contributed by atoms with van der Waals surface area (Å²) in [5, 5.41) is 2.12. The van der Waals surface area contributed by atoms with E-state index in [1.54, 1.807) is 23.3 Å². The molecule has 0 bridgehead atoms. The smallest absolute Gasteiger partial charge is 0.242 e. The van der Waals surface area contributed by atoms with Crippen molar-refractivity contribution < 1.29 is 14.3 Å². The molecule has 6 heteroatoms. The van der Waals surface area contributed by atoms with Crippen LogP contribution < -0.4 is 4.74 Å². The molecule has 2 amide bonds. The highest BCUT2D eigenvalue weighted by Gasteiger charge is 2.33. The molecule has 1 aliphatic rings. The summed E-state index contributed by atoms with van der Waals surface area (Å²) < 4.78 is 5.33. The van der Waals surface area contributed by atoms with Crippen molar-refractivity contribution in [2.24, 2.45) is 0 Å². The summed E-state index contributed by atoms with van der Waals surface area (Å²) in [6, 6.07) is 10.0. The molecule has 1 aromatic heterocycles. The standard InChI is InChI=1S/C28H40N2O3S/c1-4-6-8-9-10-11-26(31)29(18-7-5-2)21-27(32)30-19-16-25-24(17-20-34-25)28(30)22-12-14-23(33-3)15-13-22/h12-15,17,20,28H,4-11,16,18-19,21H2,1-3H3. The van der Waals surface area contributed by atoms with Gasteiger partial charge in [0.25, 0.3) is 0 Å². The van der Waals surface area contributed by atoms with E-state index in [-0.39, 0.29) is 24.4 Å². The molecular formula is C28H40N2O3S. The fourth-order valence-corrected chi connectivity index (χ4v) is 5.57. The number of carbonyl (C=O) groups excluding carboxylic acids is 2. The van der Waals surface area contributed by atoms with Gasteiger partial charge in [0.1, 0.15) is 5.75 Å². The highest BCUT2D eigenvalue weighted by atomic mass is 32.1. The molecule has 34 heavy (non-hydrogen) atoms. The molecule has 1 atom stereocenters. The van der Waals surface area contributed by atoms with Crippen LogP contribution in [-0.4, -0.2) is 48.4 Å². The lowest BCUT2D eigenvalue weighted by Gasteiger charge is -2.37. The molecule has 0 radical (unpaired) electrons. The minimum atomic E-state index is -0.120. The van der Waals surface area contributed by atoms with Gasteiger partial charge in [-0.1, -0.05) is 58.1 Å². The quantitative estimate of drug-likeness (QED) is 0.317. The molecular weight excluding hydrogens is 444 g/mol. The molecule has 3 rings (SSSR count). The molecule has 0 N–H and O–H groups in total. The second-order valence-corrected chi connectivity index (χ2v) is 10.1. The predicted molar refractivity (Wildman–Crippen MR) is 139 cm³/mol. The molecule has 1 aromatic carbocycles. The van der Waals surface area contributed by atoms with Crippen LogP contribution >= 0.6 is 11.3 Å². The first-order valence-corrected chi connectivity index (χ1v) is 13.7. The van der Waals surface area contributed by atoms with Gasteiger partial charge in [-0.3, -0.25) is 9.59 Å². The first-order chi connectivity index (χ1) is 16.6. The Morgan fingerprint density at radius 1 is 1.03 bits per heavy atom. The summed E-state index contributed by atoms with van der Waals surface area (Å²) in [5.74, 6) is 0.957. The van der Waals surface area contributed by atoms with Crippen LogP contribution in [-0.2, 0) is 16.0 Å². The summed E-state index contributed by atoms with van der Waals surface area (Å²) in [6.45, 7) is 5.82. The van der Waals surface area contributed by atoms with Gasteiger partial charge in [0.2, 0.25) is 11.8 Å². The van der Waals surface area contributed by atoms with E-state index in [9.17, 15) is 9.59 Å². The Hall–Kier alpha value is -2.34. The van der Waals surface area contributed by atoms with Crippen LogP contribution in [0, 0.1) is 0 Å². The van der Waals surface area contributed by atoms with Gasteiger partial charge in [0.15, 0.2) is 0 Å². The Bertz CT molecular complexity index is 909. The first kappa shape index (κ1) is 26.3. The van der Waals surface area contributed by atoms with Gasteiger partial charge in [0.05, 0.1) is 19.7 Å². The number of hydrogen-bond donors (Lipinski definition) is 0. The number of amides is 2. The number of nitrogens with zero attached hydrogens (tertiary/aromatic N) is 2. The number of carbonyl (C=O) groups is 2. The Morgan fingerprint density at radius 2 is 1.76 bits per heavy atom. The third kappa shape index (κ3) is 6.84. The van der Waals surface area contributed by atoms with Gasteiger partial charge >= 0.3 is 0 Å². The lowest BCUT2D eigenvalue weighted by atomic mass is 9.93. The van der Waals surface area contributed by atoms with Crippen LogP contribution in [0.25, 0.3) is 0 Å². The molecule has 186 valence electrons. The summed E-state index contributed by atoms with van der Waals surface area (Å²) in [7, 11) is 1.66. The average Bonchev–Trinajstić information content (AvgIpc) is 3.34. The number of benzene rings is 1. The lowest BCUT2D eigenvalue weighted by molar-refractivity contribution is -0.141. The monoisotopic (exact) mass is 484 g/mol. The Balaban J connectivity index is 1.74. The van der Waals surface area contributed by atoms with E-state index < -0.39 is 0 Å². The van der Waals surface area contributed by atoms with Crippen LogP contribution in [0.4, 0.5) is 0 Å². The number of rotatable bonds is 13. The summed E-state index contributed by atoms with van der Waals surface area (Å²) in [4.78, 5) is 31.8. The number of hydrogen-bond acceptors (Lipinski definition) is 4. The van der Waals surface area contributed by atoms with E-state index in [4.69, 9.17) is 4.74 Å². The molecule has 2 aromatic rings. The van der Waals surface area contributed by atoms with Crippen LogP contribution in [0.5, 0.6) is 5.75 Å². The number of fused-ring (bicyclic) bond motifs is 1. The van der Waals surface area contributed by atoms with E-state index >= 15 is 0 Å². The van der Waals surface area contributed by atoms with Gasteiger partial charge in [-0.25, -0.2) is 0 Å². The van der Waals surface area contributed by atoms with Crippen molar-refractivity contribution in [3.05, 3.63) is 51.7 Å². The number of ether oxygens (including phenoxy) is 1. The van der Waals surface area contributed by atoms with Gasteiger partial charge in [-0.2, -0.15) is 0 Å². The minimum absolute atomic E-state index is 0.0353.